The number of hydroxylamine groups is 1. The Balaban J connectivity index is 2.15. The fourth-order valence-corrected chi connectivity index (χ4v) is 3.21. The molecule has 1 atom stereocenters. The highest BCUT2D eigenvalue weighted by molar-refractivity contribution is 6.34. The van der Waals surface area contributed by atoms with Gasteiger partial charge < -0.3 is 0 Å². The van der Waals surface area contributed by atoms with Crippen LogP contribution in [0.5, 0.6) is 0 Å². The lowest BCUT2D eigenvalue weighted by Crippen LogP contribution is -2.42. The van der Waals surface area contributed by atoms with Gasteiger partial charge in [0.1, 0.15) is 0 Å². The maximum Gasteiger partial charge on any atom is 0.428 e. The van der Waals surface area contributed by atoms with E-state index < -0.39 is 11.8 Å². The third-order valence-electron chi connectivity index (χ3n) is 3.85. The first kappa shape index (κ1) is 18.4. The molecule has 1 N–H and O–H groups in total. The van der Waals surface area contributed by atoms with Gasteiger partial charge in [0.05, 0.1) is 5.70 Å². The van der Waals surface area contributed by atoms with E-state index >= 15 is 0 Å². The molecule has 0 fully saturated rings. The van der Waals surface area contributed by atoms with E-state index in [1.165, 1.54) is 18.2 Å². The Labute approximate surface area is 157 Å². The lowest BCUT2D eigenvalue weighted by molar-refractivity contribution is -0.269. The van der Waals surface area contributed by atoms with Crippen molar-refractivity contribution in [1.29, 1.82) is 0 Å². The van der Waals surface area contributed by atoms with E-state index in [0.29, 0.717) is 10.6 Å². The molecule has 1 unspecified atom stereocenters. The minimum atomic E-state index is -4.74. The number of alkyl halides is 3. The predicted molar refractivity (Wildman–Crippen MR) is 92.6 cm³/mol. The van der Waals surface area contributed by atoms with Gasteiger partial charge in [-0.2, -0.15) is 13.2 Å². The Morgan fingerprint density at radius 1 is 1.00 bits per heavy atom. The number of rotatable bonds is 2. The largest absolute Gasteiger partial charge is 0.428 e. The lowest BCUT2D eigenvalue weighted by Gasteiger charge is -2.28. The van der Waals surface area contributed by atoms with Crippen molar-refractivity contribution < 1.29 is 18.0 Å². The van der Waals surface area contributed by atoms with E-state index in [1.54, 1.807) is 25.1 Å². The van der Waals surface area contributed by atoms with E-state index in [2.05, 4.69) is 5.48 Å². The Bertz CT molecular complexity index is 846. The van der Waals surface area contributed by atoms with E-state index in [9.17, 15) is 13.2 Å². The van der Waals surface area contributed by atoms with Crippen LogP contribution in [0, 0.1) is 6.92 Å². The van der Waals surface area contributed by atoms with Crippen LogP contribution >= 0.6 is 34.8 Å². The monoisotopic (exact) mass is 407 g/mol. The zero-order chi connectivity index (χ0) is 18.4. The van der Waals surface area contributed by atoms with Crippen LogP contribution in [-0.4, -0.2) is 6.18 Å². The number of hydrogen-bond acceptors (Lipinski definition) is 2. The van der Waals surface area contributed by atoms with Crippen molar-refractivity contribution in [2.75, 3.05) is 0 Å². The molecule has 1 heterocycles. The molecule has 0 radical (unpaired) electrons. The standard InChI is InChI=1S/C17H11Cl3F3NO/c1-9-4-10(2-3-14(9)20)15-8-16(25-24-15,17(21,22)23)11-5-12(18)7-13(19)6-11/h2-8,24H,1H3. The summed E-state index contributed by atoms with van der Waals surface area (Å²) < 4.78 is 41.6. The van der Waals surface area contributed by atoms with E-state index in [1.807, 2.05) is 0 Å². The van der Waals surface area contributed by atoms with Gasteiger partial charge in [0.15, 0.2) is 0 Å². The van der Waals surface area contributed by atoms with Crippen LogP contribution < -0.4 is 5.48 Å². The summed E-state index contributed by atoms with van der Waals surface area (Å²) >= 11 is 17.7. The van der Waals surface area contributed by atoms with Crippen molar-refractivity contribution in [3.8, 4) is 0 Å². The fraction of sp³-hybridized carbons (Fsp3) is 0.176. The Kier molecular flexibility index (Phi) is 4.71. The number of aryl methyl sites for hydroxylation is 1. The second-order valence-corrected chi connectivity index (χ2v) is 6.90. The Hall–Kier alpha value is -1.40. The van der Waals surface area contributed by atoms with Crippen LogP contribution in [0.2, 0.25) is 15.1 Å². The van der Waals surface area contributed by atoms with Gasteiger partial charge in [-0.25, -0.2) is 0 Å². The molecule has 132 valence electrons. The second-order valence-electron chi connectivity index (χ2n) is 5.62. The zero-order valence-corrected chi connectivity index (χ0v) is 15.0. The molecule has 0 aliphatic carbocycles. The first-order chi connectivity index (χ1) is 11.6. The minimum absolute atomic E-state index is 0.0823. The number of hydrogen-bond donors (Lipinski definition) is 1. The van der Waals surface area contributed by atoms with Crippen LogP contribution in [-0.2, 0) is 10.4 Å². The molecular weight excluding hydrogens is 398 g/mol. The van der Waals surface area contributed by atoms with E-state index in [4.69, 9.17) is 39.6 Å². The highest BCUT2D eigenvalue weighted by Crippen LogP contribution is 2.48. The highest BCUT2D eigenvalue weighted by atomic mass is 35.5. The molecule has 0 saturated heterocycles. The molecule has 0 aromatic heterocycles. The van der Waals surface area contributed by atoms with Crippen LogP contribution in [0.3, 0.4) is 0 Å². The van der Waals surface area contributed by atoms with Crippen molar-refractivity contribution in [2.24, 2.45) is 0 Å². The van der Waals surface area contributed by atoms with Gasteiger partial charge in [-0.3, -0.25) is 10.3 Å². The van der Waals surface area contributed by atoms with Gasteiger partial charge in [-0.1, -0.05) is 40.9 Å². The SMILES string of the molecule is Cc1cc(C2=CC(c3cc(Cl)cc(Cl)c3)(C(F)(F)F)ON2)ccc1Cl. The summed E-state index contributed by atoms with van der Waals surface area (Å²) in [4.78, 5) is 5.02. The van der Waals surface area contributed by atoms with E-state index in [0.717, 1.165) is 11.6 Å². The predicted octanol–water partition coefficient (Wildman–Crippen LogP) is 6.29. The third kappa shape index (κ3) is 3.34. The minimum Gasteiger partial charge on any atom is -0.265 e. The molecule has 25 heavy (non-hydrogen) atoms. The summed E-state index contributed by atoms with van der Waals surface area (Å²) in [5.74, 6) is 0. The van der Waals surface area contributed by atoms with Gasteiger partial charge in [-0.05, 0) is 48.9 Å². The smallest absolute Gasteiger partial charge is 0.265 e. The molecule has 3 rings (SSSR count). The molecule has 1 aliphatic heterocycles. The first-order valence-electron chi connectivity index (χ1n) is 7.09. The average Bonchev–Trinajstić information content (AvgIpc) is 2.95. The lowest BCUT2D eigenvalue weighted by atomic mass is 9.91. The molecule has 2 aromatic rings. The zero-order valence-electron chi connectivity index (χ0n) is 12.7. The summed E-state index contributed by atoms with van der Waals surface area (Å²) in [7, 11) is 0. The summed E-state index contributed by atoms with van der Waals surface area (Å²) in [6.07, 6.45) is -3.77. The van der Waals surface area contributed by atoms with Crippen molar-refractivity contribution in [1.82, 2.24) is 5.48 Å². The molecule has 1 aliphatic rings. The number of nitrogens with one attached hydrogen (secondary N) is 1. The van der Waals surface area contributed by atoms with Gasteiger partial charge in [0.2, 0.25) is 5.60 Å². The van der Waals surface area contributed by atoms with Gasteiger partial charge in [0, 0.05) is 26.2 Å². The summed E-state index contributed by atoms with van der Waals surface area (Å²) in [5, 5.41) is 0.685. The van der Waals surface area contributed by atoms with Crippen LogP contribution in [0.25, 0.3) is 5.70 Å². The van der Waals surface area contributed by atoms with Crippen LogP contribution in [0.15, 0.2) is 42.5 Å². The van der Waals surface area contributed by atoms with Crippen molar-refractivity contribution in [3.63, 3.8) is 0 Å². The molecule has 0 amide bonds. The third-order valence-corrected chi connectivity index (χ3v) is 4.71. The average molecular weight is 409 g/mol. The quantitative estimate of drug-likeness (QED) is 0.630. The molecule has 2 nitrogen and oxygen atoms in total. The van der Waals surface area contributed by atoms with Gasteiger partial charge in [0.25, 0.3) is 0 Å². The number of halogens is 6. The molecule has 0 spiro atoms. The Morgan fingerprint density at radius 2 is 1.64 bits per heavy atom. The maximum absolute atomic E-state index is 13.9. The first-order valence-corrected chi connectivity index (χ1v) is 8.22. The maximum atomic E-state index is 13.9. The number of benzene rings is 2. The fourth-order valence-electron chi connectivity index (χ4n) is 2.57. The molecule has 2 aromatic carbocycles. The molecule has 8 heteroatoms. The van der Waals surface area contributed by atoms with Crippen LogP contribution in [0.1, 0.15) is 16.7 Å². The molecule has 0 bridgehead atoms. The molecular formula is C17H11Cl3F3NO. The van der Waals surface area contributed by atoms with Gasteiger partial charge in [-0.15, -0.1) is 0 Å². The summed E-state index contributed by atoms with van der Waals surface area (Å²) in [6.45, 7) is 1.76. The second kappa shape index (κ2) is 6.40. The normalized spacial score (nSPS) is 20.4. The summed E-state index contributed by atoms with van der Waals surface area (Å²) in [6, 6.07) is 8.59. The summed E-state index contributed by atoms with van der Waals surface area (Å²) in [5.41, 5.74) is 0.868. The van der Waals surface area contributed by atoms with Crippen molar-refractivity contribution in [3.05, 3.63) is 74.2 Å². The van der Waals surface area contributed by atoms with Gasteiger partial charge >= 0.3 is 6.18 Å². The Morgan fingerprint density at radius 3 is 2.20 bits per heavy atom. The highest BCUT2D eigenvalue weighted by Gasteiger charge is 2.59. The van der Waals surface area contributed by atoms with Crippen molar-refractivity contribution >= 4 is 40.5 Å². The van der Waals surface area contributed by atoms with E-state index in [-0.39, 0.29) is 21.3 Å². The van der Waals surface area contributed by atoms with Crippen molar-refractivity contribution in [2.45, 2.75) is 18.7 Å². The topological polar surface area (TPSA) is 21.3 Å². The molecule has 0 saturated carbocycles. The van der Waals surface area contributed by atoms with Crippen LogP contribution in [0.4, 0.5) is 13.2 Å².